The van der Waals surface area contributed by atoms with Gasteiger partial charge in [-0.15, -0.1) is 0 Å². The first kappa shape index (κ1) is 22.1. The van der Waals surface area contributed by atoms with E-state index < -0.39 is 23.4 Å². The maximum Gasteiger partial charge on any atom is 0.313 e. The first-order valence-electron chi connectivity index (χ1n) is 10.1. The third-order valence-corrected chi connectivity index (χ3v) is 5.09. The number of hydrogen-bond acceptors (Lipinski definition) is 5. The number of pyridine rings is 1. The van der Waals surface area contributed by atoms with Gasteiger partial charge in [-0.2, -0.15) is 0 Å². The van der Waals surface area contributed by atoms with E-state index in [1.54, 1.807) is 58.3 Å². The Kier molecular flexibility index (Phi) is 6.44. The van der Waals surface area contributed by atoms with E-state index in [1.165, 1.54) is 4.57 Å². The molecule has 0 bridgehead atoms. The van der Waals surface area contributed by atoms with Gasteiger partial charge in [0.2, 0.25) is 0 Å². The van der Waals surface area contributed by atoms with Crippen LogP contribution in [-0.2, 0) is 18.3 Å². The van der Waals surface area contributed by atoms with Gasteiger partial charge in [-0.05, 0) is 42.3 Å². The van der Waals surface area contributed by atoms with Gasteiger partial charge < -0.3 is 19.4 Å². The van der Waals surface area contributed by atoms with Crippen molar-refractivity contribution in [2.45, 2.75) is 27.2 Å². The summed E-state index contributed by atoms with van der Waals surface area (Å²) in [5.74, 6) is -0.950. The van der Waals surface area contributed by atoms with Gasteiger partial charge in [0.1, 0.15) is 11.3 Å². The molecule has 2 aromatic carbocycles. The van der Waals surface area contributed by atoms with Gasteiger partial charge >= 0.3 is 5.97 Å². The third kappa shape index (κ3) is 4.30. The van der Waals surface area contributed by atoms with Crippen molar-refractivity contribution in [3.63, 3.8) is 0 Å². The average Bonchev–Trinajstić information content (AvgIpc) is 2.77. The number of nitrogens with zero attached hydrogens (tertiary/aromatic N) is 1. The molecule has 0 saturated carbocycles. The number of esters is 1. The van der Waals surface area contributed by atoms with E-state index >= 15 is 0 Å². The summed E-state index contributed by atoms with van der Waals surface area (Å²) in [5, 5.41) is 3.31. The molecule has 1 heterocycles. The lowest BCUT2D eigenvalue weighted by atomic mass is 10.0. The molecule has 0 radical (unpaired) electrons. The molecule has 0 spiro atoms. The molecule has 0 unspecified atom stereocenters. The number of benzene rings is 2. The summed E-state index contributed by atoms with van der Waals surface area (Å²) < 4.78 is 12.2. The Morgan fingerprint density at radius 2 is 1.77 bits per heavy atom. The molecular weight excluding hydrogens is 396 g/mol. The van der Waals surface area contributed by atoms with Gasteiger partial charge in [0.05, 0.1) is 18.5 Å². The van der Waals surface area contributed by atoms with Gasteiger partial charge in [-0.25, -0.2) is 0 Å². The second-order valence-corrected chi connectivity index (χ2v) is 7.49. The third-order valence-electron chi connectivity index (χ3n) is 5.09. The smallest absolute Gasteiger partial charge is 0.313 e. The summed E-state index contributed by atoms with van der Waals surface area (Å²) in [6, 6.07) is 12.2. The number of aryl methyl sites for hydroxylation is 2. The number of carbonyl (C=O) groups excluding carboxylic acids is 2. The second kappa shape index (κ2) is 9.04. The zero-order valence-corrected chi connectivity index (χ0v) is 18.3. The van der Waals surface area contributed by atoms with Crippen LogP contribution in [0.3, 0.4) is 0 Å². The summed E-state index contributed by atoms with van der Waals surface area (Å²) in [5.41, 5.74) is 1.20. The van der Waals surface area contributed by atoms with Crippen LogP contribution in [-0.4, -0.2) is 23.6 Å². The number of fused-ring (bicyclic) bond motifs is 1. The standard InChI is InChI=1S/C24H26N2O5/c1-6-15-8-7-9-18-19(15)21(31-24(29)14(2)3)20(23(28)26(18)4)22(27)25-16-10-12-17(30-5)13-11-16/h7-14H,6H2,1-5H3,(H,25,27). The first-order chi connectivity index (χ1) is 14.8. The van der Waals surface area contributed by atoms with Gasteiger partial charge in [0.25, 0.3) is 11.5 Å². The number of hydrogen-bond donors (Lipinski definition) is 1. The lowest BCUT2D eigenvalue weighted by molar-refractivity contribution is -0.137. The Morgan fingerprint density at radius 3 is 2.35 bits per heavy atom. The number of anilines is 1. The quantitative estimate of drug-likeness (QED) is 0.609. The highest BCUT2D eigenvalue weighted by atomic mass is 16.5. The van der Waals surface area contributed by atoms with Crippen LogP contribution in [0.15, 0.2) is 47.3 Å². The van der Waals surface area contributed by atoms with Crippen molar-refractivity contribution in [3.05, 3.63) is 63.9 Å². The fraction of sp³-hybridized carbons (Fsp3) is 0.292. The lowest BCUT2D eigenvalue weighted by Gasteiger charge is -2.18. The molecule has 7 nitrogen and oxygen atoms in total. The number of amides is 1. The van der Waals surface area contributed by atoms with Crippen molar-refractivity contribution in [2.75, 3.05) is 12.4 Å². The zero-order chi connectivity index (χ0) is 22.7. The van der Waals surface area contributed by atoms with E-state index in [2.05, 4.69) is 5.32 Å². The fourth-order valence-corrected chi connectivity index (χ4v) is 3.31. The van der Waals surface area contributed by atoms with E-state index in [1.807, 2.05) is 19.1 Å². The van der Waals surface area contributed by atoms with E-state index in [0.29, 0.717) is 28.8 Å². The molecule has 1 N–H and O–H groups in total. The molecule has 0 aliphatic heterocycles. The van der Waals surface area contributed by atoms with E-state index in [0.717, 1.165) is 5.56 Å². The Hall–Kier alpha value is -3.61. The normalized spacial score (nSPS) is 10.9. The zero-order valence-electron chi connectivity index (χ0n) is 18.3. The molecule has 31 heavy (non-hydrogen) atoms. The Morgan fingerprint density at radius 1 is 1.10 bits per heavy atom. The molecule has 0 fully saturated rings. The van der Waals surface area contributed by atoms with Crippen LogP contribution < -0.4 is 20.3 Å². The van der Waals surface area contributed by atoms with Crippen LogP contribution in [0.5, 0.6) is 11.5 Å². The Labute approximate surface area is 180 Å². The highest BCUT2D eigenvalue weighted by molar-refractivity contribution is 6.10. The number of carbonyl (C=O) groups is 2. The SMILES string of the molecule is CCc1cccc2c1c(OC(=O)C(C)C)c(C(=O)Nc1ccc(OC)cc1)c(=O)n2C. The molecule has 3 aromatic rings. The van der Waals surface area contributed by atoms with Crippen LogP contribution in [0.4, 0.5) is 5.69 Å². The summed E-state index contributed by atoms with van der Waals surface area (Å²) in [6.45, 7) is 5.36. The number of rotatable bonds is 6. The van der Waals surface area contributed by atoms with Gasteiger partial charge in [-0.3, -0.25) is 14.4 Å². The Balaban J connectivity index is 2.22. The van der Waals surface area contributed by atoms with E-state index in [9.17, 15) is 14.4 Å². The maximum absolute atomic E-state index is 13.2. The monoisotopic (exact) mass is 422 g/mol. The predicted molar refractivity (Wildman–Crippen MR) is 120 cm³/mol. The Bertz CT molecular complexity index is 1190. The van der Waals surface area contributed by atoms with Crippen molar-refractivity contribution in [1.82, 2.24) is 4.57 Å². The van der Waals surface area contributed by atoms with Crippen molar-refractivity contribution >= 4 is 28.5 Å². The molecule has 0 saturated heterocycles. The van der Waals surface area contributed by atoms with Gasteiger partial charge in [0, 0.05) is 18.1 Å². The molecular formula is C24H26N2O5. The van der Waals surface area contributed by atoms with Crippen LogP contribution in [0.25, 0.3) is 10.9 Å². The number of nitrogens with one attached hydrogen (secondary N) is 1. The minimum atomic E-state index is -0.648. The van der Waals surface area contributed by atoms with Crippen molar-refractivity contribution in [3.8, 4) is 11.5 Å². The summed E-state index contributed by atoms with van der Waals surface area (Å²) in [6.07, 6.45) is 0.640. The van der Waals surface area contributed by atoms with Crippen molar-refractivity contribution in [1.29, 1.82) is 0 Å². The summed E-state index contributed by atoms with van der Waals surface area (Å²) in [4.78, 5) is 38.9. The van der Waals surface area contributed by atoms with E-state index in [-0.39, 0.29) is 11.3 Å². The minimum Gasteiger partial charge on any atom is -0.497 e. The highest BCUT2D eigenvalue weighted by Gasteiger charge is 2.26. The van der Waals surface area contributed by atoms with Crippen molar-refractivity contribution in [2.24, 2.45) is 13.0 Å². The van der Waals surface area contributed by atoms with Gasteiger partial charge in [0.15, 0.2) is 5.75 Å². The van der Waals surface area contributed by atoms with E-state index in [4.69, 9.17) is 9.47 Å². The number of aromatic nitrogens is 1. The maximum atomic E-state index is 13.2. The van der Waals surface area contributed by atoms with Gasteiger partial charge in [-0.1, -0.05) is 32.9 Å². The first-order valence-corrected chi connectivity index (χ1v) is 10.1. The molecule has 1 aromatic heterocycles. The summed E-state index contributed by atoms with van der Waals surface area (Å²) in [7, 11) is 3.15. The fourth-order valence-electron chi connectivity index (χ4n) is 3.31. The molecule has 3 rings (SSSR count). The molecule has 162 valence electrons. The topological polar surface area (TPSA) is 86.6 Å². The summed E-state index contributed by atoms with van der Waals surface area (Å²) >= 11 is 0. The van der Waals surface area contributed by atoms with Crippen LogP contribution >= 0.6 is 0 Å². The predicted octanol–water partition coefficient (Wildman–Crippen LogP) is 3.92. The van der Waals surface area contributed by atoms with Crippen LogP contribution in [0.1, 0.15) is 36.7 Å². The number of methoxy groups -OCH3 is 1. The number of ether oxygens (including phenoxy) is 2. The second-order valence-electron chi connectivity index (χ2n) is 7.49. The highest BCUT2D eigenvalue weighted by Crippen LogP contribution is 2.32. The average molecular weight is 422 g/mol. The van der Waals surface area contributed by atoms with Crippen LogP contribution in [0, 0.1) is 5.92 Å². The molecule has 7 heteroatoms. The largest absolute Gasteiger partial charge is 0.497 e. The molecule has 0 atom stereocenters. The lowest BCUT2D eigenvalue weighted by Crippen LogP contribution is -2.30. The van der Waals surface area contributed by atoms with Crippen molar-refractivity contribution < 1.29 is 19.1 Å². The molecule has 0 aliphatic rings. The van der Waals surface area contributed by atoms with Crippen LogP contribution in [0.2, 0.25) is 0 Å². The minimum absolute atomic E-state index is 0.000242. The molecule has 0 aliphatic carbocycles. The molecule has 1 amide bonds.